The second kappa shape index (κ2) is 8.26. The number of amides is 3. The highest BCUT2D eigenvalue weighted by atomic mass is 19.1. The summed E-state index contributed by atoms with van der Waals surface area (Å²) in [5.74, 6) is 0.488. The number of hydrogen-bond donors (Lipinski definition) is 3. The molecule has 3 N–H and O–H groups in total. The topological polar surface area (TPSA) is 76.7 Å². The van der Waals surface area contributed by atoms with Crippen LogP contribution in [0, 0.1) is 11.8 Å². The summed E-state index contributed by atoms with van der Waals surface area (Å²) < 4.78 is 14.4. The highest BCUT2D eigenvalue weighted by Gasteiger charge is 2.46. The first-order valence-corrected chi connectivity index (χ1v) is 12.0. The lowest BCUT2D eigenvalue weighted by Gasteiger charge is -2.43. The average Bonchev–Trinajstić information content (AvgIpc) is 3.36. The smallest absolute Gasteiger partial charge is 0.317 e. The number of nitrogens with zero attached hydrogens (tertiary/aromatic N) is 2. The van der Waals surface area contributed by atoms with Gasteiger partial charge in [-0.2, -0.15) is 0 Å². The zero-order valence-corrected chi connectivity index (χ0v) is 18.0. The van der Waals surface area contributed by atoms with E-state index in [0.29, 0.717) is 24.8 Å². The van der Waals surface area contributed by atoms with E-state index in [2.05, 4.69) is 27.8 Å². The fraction of sp³-hybridized carbons (Fsp3) is 0.909. The molecule has 0 radical (unpaired) electrons. The number of piperazine rings is 1. The van der Waals surface area contributed by atoms with E-state index in [0.717, 1.165) is 58.3 Å². The summed E-state index contributed by atoms with van der Waals surface area (Å²) >= 11 is 0. The van der Waals surface area contributed by atoms with Gasteiger partial charge in [0.25, 0.3) is 0 Å². The molecule has 5 fully saturated rings. The van der Waals surface area contributed by atoms with Crippen LogP contribution in [-0.4, -0.2) is 84.3 Å². The molecule has 7 nitrogen and oxygen atoms in total. The van der Waals surface area contributed by atoms with Crippen LogP contribution in [0.25, 0.3) is 0 Å². The summed E-state index contributed by atoms with van der Waals surface area (Å²) in [7, 11) is 0. The van der Waals surface area contributed by atoms with Gasteiger partial charge in [0.05, 0.1) is 12.1 Å². The van der Waals surface area contributed by atoms with E-state index in [1.54, 1.807) is 0 Å². The molecule has 8 heteroatoms. The van der Waals surface area contributed by atoms with Crippen molar-refractivity contribution in [1.29, 1.82) is 0 Å². The molecule has 0 bridgehead atoms. The van der Waals surface area contributed by atoms with Crippen LogP contribution in [0.3, 0.4) is 0 Å². The largest absolute Gasteiger partial charge is 0.352 e. The number of carbonyl (C=O) groups is 2. The van der Waals surface area contributed by atoms with Crippen molar-refractivity contribution in [3.63, 3.8) is 0 Å². The van der Waals surface area contributed by atoms with E-state index >= 15 is 0 Å². The van der Waals surface area contributed by atoms with Crippen LogP contribution < -0.4 is 16.0 Å². The Bertz CT molecular complexity index is 660. The Labute approximate surface area is 178 Å². The second-order valence-electron chi connectivity index (χ2n) is 10.3. The maximum absolute atomic E-state index is 14.4. The monoisotopic (exact) mass is 421 g/mol. The SMILES string of the molecule is CC1CCC(F)C2CC(C(=O)N[C@@H]3CCC[C@@H](N4CCN5C(=O)NC[C@@H]5C4)C3)NC12. The van der Waals surface area contributed by atoms with Gasteiger partial charge < -0.3 is 20.9 Å². The van der Waals surface area contributed by atoms with E-state index in [-0.39, 0.29) is 42.0 Å². The Morgan fingerprint density at radius 2 is 2.00 bits per heavy atom. The Hall–Kier alpha value is -1.41. The van der Waals surface area contributed by atoms with Crippen molar-refractivity contribution in [3.05, 3.63) is 0 Å². The van der Waals surface area contributed by atoms with Gasteiger partial charge in [-0.1, -0.05) is 6.92 Å². The third-order valence-electron chi connectivity index (χ3n) is 8.43. The Morgan fingerprint density at radius 3 is 2.83 bits per heavy atom. The van der Waals surface area contributed by atoms with Crippen LogP contribution in [0.5, 0.6) is 0 Å². The van der Waals surface area contributed by atoms with Crippen molar-refractivity contribution < 1.29 is 14.0 Å². The quantitative estimate of drug-likeness (QED) is 0.641. The molecule has 3 aliphatic heterocycles. The van der Waals surface area contributed by atoms with E-state index in [1.807, 2.05) is 4.90 Å². The molecule has 2 saturated carbocycles. The molecule has 30 heavy (non-hydrogen) atoms. The molecule has 5 aliphatic rings. The van der Waals surface area contributed by atoms with Gasteiger partial charge in [0.15, 0.2) is 0 Å². The number of nitrogens with one attached hydrogen (secondary N) is 3. The van der Waals surface area contributed by atoms with Crippen molar-refractivity contribution in [2.24, 2.45) is 11.8 Å². The molecule has 3 amide bonds. The summed E-state index contributed by atoms with van der Waals surface area (Å²) in [6.07, 6.45) is 5.67. The van der Waals surface area contributed by atoms with Crippen molar-refractivity contribution in [2.45, 2.75) is 88.3 Å². The molecule has 5 unspecified atom stereocenters. The number of rotatable bonds is 3. The summed E-state index contributed by atoms with van der Waals surface area (Å²) in [6.45, 7) is 5.55. The first-order valence-electron chi connectivity index (χ1n) is 12.0. The molecule has 2 aliphatic carbocycles. The third-order valence-corrected chi connectivity index (χ3v) is 8.43. The van der Waals surface area contributed by atoms with Crippen LogP contribution in [0.1, 0.15) is 51.9 Å². The highest BCUT2D eigenvalue weighted by Crippen LogP contribution is 2.38. The molecule has 3 heterocycles. The lowest BCUT2D eigenvalue weighted by atomic mass is 9.77. The first kappa shape index (κ1) is 20.5. The van der Waals surface area contributed by atoms with Crippen LogP contribution in [-0.2, 0) is 4.79 Å². The van der Waals surface area contributed by atoms with Gasteiger partial charge in [-0.25, -0.2) is 9.18 Å². The van der Waals surface area contributed by atoms with Crippen molar-refractivity contribution in [2.75, 3.05) is 26.2 Å². The lowest BCUT2D eigenvalue weighted by Crippen LogP contribution is -2.57. The van der Waals surface area contributed by atoms with Crippen LogP contribution in [0.4, 0.5) is 9.18 Å². The standard InChI is InChI=1S/C22H36FN5O2/c1-13-5-6-18(23)17-10-19(26-20(13)17)21(29)25-14-3-2-4-15(9-14)27-7-8-28-16(12-27)11-24-22(28)30/h13-20,26H,2-12H2,1H3,(H,24,30)(H,25,29)/t13?,14-,15-,16-,17?,18?,19?,20?/m1/s1. The minimum Gasteiger partial charge on any atom is -0.352 e. The maximum Gasteiger partial charge on any atom is 0.317 e. The molecule has 168 valence electrons. The van der Waals surface area contributed by atoms with Gasteiger partial charge in [0, 0.05) is 50.2 Å². The summed E-state index contributed by atoms with van der Waals surface area (Å²) in [4.78, 5) is 29.3. The van der Waals surface area contributed by atoms with Crippen LogP contribution >= 0.6 is 0 Å². The normalized spacial score (nSPS) is 44.3. The average molecular weight is 422 g/mol. The summed E-state index contributed by atoms with van der Waals surface area (Å²) in [5, 5.41) is 9.70. The minimum atomic E-state index is -0.772. The van der Waals surface area contributed by atoms with Crippen molar-refractivity contribution in [3.8, 4) is 0 Å². The second-order valence-corrected chi connectivity index (χ2v) is 10.3. The number of carbonyl (C=O) groups excluding carboxylic acids is 2. The predicted molar refractivity (Wildman–Crippen MR) is 112 cm³/mol. The highest BCUT2D eigenvalue weighted by molar-refractivity contribution is 5.82. The van der Waals surface area contributed by atoms with Gasteiger partial charge in [0.2, 0.25) is 5.91 Å². The molecule has 8 atom stereocenters. The lowest BCUT2D eigenvalue weighted by molar-refractivity contribution is -0.124. The molecule has 0 aromatic rings. The number of fused-ring (bicyclic) bond motifs is 2. The predicted octanol–water partition coefficient (Wildman–Crippen LogP) is 1.24. The van der Waals surface area contributed by atoms with E-state index < -0.39 is 6.17 Å². The number of halogens is 1. The van der Waals surface area contributed by atoms with Crippen LogP contribution in [0.15, 0.2) is 0 Å². The fourth-order valence-corrected chi connectivity index (χ4v) is 6.69. The minimum absolute atomic E-state index is 0.0115. The molecular formula is C22H36FN5O2. The van der Waals surface area contributed by atoms with Gasteiger partial charge in [-0.3, -0.25) is 9.69 Å². The maximum atomic E-state index is 14.4. The molecule has 0 aromatic heterocycles. The van der Waals surface area contributed by atoms with Gasteiger partial charge in [-0.15, -0.1) is 0 Å². The molecular weight excluding hydrogens is 385 g/mol. The van der Waals surface area contributed by atoms with Crippen molar-refractivity contribution >= 4 is 11.9 Å². The molecule has 0 spiro atoms. The third kappa shape index (κ3) is 3.81. The van der Waals surface area contributed by atoms with Gasteiger partial charge >= 0.3 is 6.03 Å². The van der Waals surface area contributed by atoms with Gasteiger partial charge in [-0.05, 0) is 50.9 Å². The molecule has 0 aromatic carbocycles. The zero-order chi connectivity index (χ0) is 20.8. The molecule has 3 saturated heterocycles. The van der Waals surface area contributed by atoms with Crippen LogP contribution in [0.2, 0.25) is 0 Å². The van der Waals surface area contributed by atoms with E-state index in [1.165, 1.54) is 0 Å². The number of urea groups is 1. The summed E-state index contributed by atoms with van der Waals surface area (Å²) in [6, 6.07) is 0.906. The van der Waals surface area contributed by atoms with Crippen molar-refractivity contribution in [1.82, 2.24) is 25.8 Å². The number of hydrogen-bond acceptors (Lipinski definition) is 4. The fourth-order valence-electron chi connectivity index (χ4n) is 6.69. The zero-order valence-electron chi connectivity index (χ0n) is 18.0. The Balaban J connectivity index is 1.14. The first-order chi connectivity index (χ1) is 14.5. The Morgan fingerprint density at radius 1 is 1.13 bits per heavy atom. The van der Waals surface area contributed by atoms with E-state index in [4.69, 9.17) is 0 Å². The Kier molecular flexibility index (Phi) is 5.64. The molecule has 5 rings (SSSR count). The van der Waals surface area contributed by atoms with Gasteiger partial charge in [0.1, 0.15) is 6.17 Å². The number of alkyl halides is 1. The summed E-state index contributed by atoms with van der Waals surface area (Å²) in [5.41, 5.74) is 0. The van der Waals surface area contributed by atoms with E-state index in [9.17, 15) is 14.0 Å².